The van der Waals surface area contributed by atoms with Crippen molar-refractivity contribution in [3.63, 3.8) is 0 Å². The molecule has 1 heterocycles. The van der Waals surface area contributed by atoms with Gasteiger partial charge < -0.3 is 4.74 Å². The maximum Gasteiger partial charge on any atom is 0.273 e. The molecule has 0 saturated heterocycles. The molecule has 0 bridgehead atoms. The van der Waals surface area contributed by atoms with Gasteiger partial charge in [0, 0.05) is 6.07 Å². The maximum absolute atomic E-state index is 12.3. The quantitative estimate of drug-likeness (QED) is 0.383. The van der Waals surface area contributed by atoms with Gasteiger partial charge in [-0.1, -0.05) is 18.2 Å². The van der Waals surface area contributed by atoms with E-state index >= 15 is 0 Å². The van der Waals surface area contributed by atoms with E-state index in [-0.39, 0.29) is 16.6 Å². The Hall–Kier alpha value is -2.45. The number of hydrogen-bond acceptors (Lipinski definition) is 7. The fraction of sp³-hybridized carbons (Fsp3) is 0.125. The molecule has 0 aliphatic carbocycles. The highest BCUT2D eigenvalue weighted by atomic mass is 32.2. The van der Waals surface area contributed by atoms with Gasteiger partial charge in [0.2, 0.25) is 5.12 Å². The fourth-order valence-electron chi connectivity index (χ4n) is 1.99. The molecule has 1 aromatic heterocycles. The molecule has 1 unspecified atom stereocenters. The Labute approximate surface area is 145 Å². The number of thioether (sulfide) groups is 1. The first-order valence-corrected chi connectivity index (χ1v) is 8.64. The molecule has 2 aromatic carbocycles. The number of carbonyl (C=O) groups is 1. The highest BCUT2D eigenvalue weighted by Crippen LogP contribution is 2.31. The number of para-hydroxylation sites is 1. The van der Waals surface area contributed by atoms with Crippen molar-refractivity contribution in [2.75, 3.05) is 0 Å². The molecule has 0 N–H and O–H groups in total. The van der Waals surface area contributed by atoms with Gasteiger partial charge in [-0.15, -0.1) is 11.3 Å². The number of carbonyl (C=O) groups excluding carboxylic acids is 1. The first-order chi connectivity index (χ1) is 11.5. The lowest BCUT2D eigenvalue weighted by Crippen LogP contribution is -2.20. The van der Waals surface area contributed by atoms with Gasteiger partial charge in [0.25, 0.3) is 5.69 Å². The molecule has 3 rings (SSSR count). The number of non-ortho nitro benzene ring substituents is 1. The van der Waals surface area contributed by atoms with E-state index < -0.39 is 11.0 Å². The van der Waals surface area contributed by atoms with Crippen molar-refractivity contribution in [3.05, 3.63) is 58.6 Å². The molecule has 0 aliphatic rings. The van der Waals surface area contributed by atoms with Crippen molar-refractivity contribution in [2.24, 2.45) is 0 Å². The highest BCUT2D eigenvalue weighted by Gasteiger charge is 2.19. The van der Waals surface area contributed by atoms with Crippen LogP contribution in [-0.2, 0) is 4.79 Å². The molecule has 6 nitrogen and oxygen atoms in total. The number of aromatic nitrogens is 1. The normalized spacial score (nSPS) is 12.0. The lowest BCUT2D eigenvalue weighted by molar-refractivity contribution is -0.384. The predicted molar refractivity (Wildman–Crippen MR) is 93.7 cm³/mol. The predicted octanol–water partition coefficient (Wildman–Crippen LogP) is 4.29. The average molecular weight is 360 g/mol. The van der Waals surface area contributed by atoms with Crippen LogP contribution in [0.15, 0.2) is 52.9 Å². The standard InChI is InChI=1S/C16H12N2O4S2/c1-10(22-12-6-4-5-11(9-12)18(20)21)15(19)24-16-17-13-7-2-3-8-14(13)23-16/h2-10H,1H3. The van der Waals surface area contributed by atoms with E-state index in [1.807, 2.05) is 24.3 Å². The molecule has 3 aromatic rings. The molecule has 1 atom stereocenters. The molecule has 8 heteroatoms. The summed E-state index contributed by atoms with van der Waals surface area (Å²) in [6.07, 6.45) is -0.746. The van der Waals surface area contributed by atoms with E-state index in [1.165, 1.54) is 29.5 Å². The average Bonchev–Trinajstić information content (AvgIpc) is 2.97. The van der Waals surface area contributed by atoms with Crippen LogP contribution in [0.2, 0.25) is 0 Å². The summed E-state index contributed by atoms with van der Waals surface area (Å²) in [7, 11) is 0. The molecule has 0 amide bonds. The van der Waals surface area contributed by atoms with Gasteiger partial charge >= 0.3 is 0 Å². The smallest absolute Gasteiger partial charge is 0.273 e. The first-order valence-electron chi connectivity index (χ1n) is 7.01. The SMILES string of the molecule is CC(Oc1cccc([N+](=O)[O-])c1)C(=O)Sc1nc2ccccc2s1. The Morgan fingerprint density at radius 3 is 2.83 bits per heavy atom. The Balaban J connectivity index is 1.68. The number of nitro benzene ring substituents is 1. The monoisotopic (exact) mass is 360 g/mol. The molecule has 0 aliphatic heterocycles. The van der Waals surface area contributed by atoms with Crippen molar-refractivity contribution in [2.45, 2.75) is 17.4 Å². The second kappa shape index (κ2) is 6.98. The third-order valence-corrected chi connectivity index (χ3v) is 5.27. The second-order valence-electron chi connectivity index (χ2n) is 4.88. The highest BCUT2D eigenvalue weighted by molar-refractivity contribution is 8.15. The number of ether oxygens (including phenoxy) is 1. The van der Waals surface area contributed by atoms with Crippen LogP contribution < -0.4 is 4.74 Å². The summed E-state index contributed by atoms with van der Waals surface area (Å²) in [5.74, 6) is 0.287. The Morgan fingerprint density at radius 2 is 2.08 bits per heavy atom. The van der Waals surface area contributed by atoms with E-state index in [0.29, 0.717) is 4.34 Å². The van der Waals surface area contributed by atoms with Crippen LogP contribution in [0.1, 0.15) is 6.92 Å². The summed E-state index contributed by atoms with van der Waals surface area (Å²) in [4.78, 5) is 26.9. The minimum atomic E-state index is -0.746. The summed E-state index contributed by atoms with van der Waals surface area (Å²) in [6.45, 7) is 1.61. The van der Waals surface area contributed by atoms with Crippen LogP contribution in [0, 0.1) is 10.1 Å². The second-order valence-corrected chi connectivity index (χ2v) is 7.17. The van der Waals surface area contributed by atoms with Crippen LogP contribution in [0.3, 0.4) is 0 Å². The van der Waals surface area contributed by atoms with Gasteiger partial charge in [-0.2, -0.15) is 0 Å². The third-order valence-electron chi connectivity index (χ3n) is 3.14. The lowest BCUT2D eigenvalue weighted by atomic mass is 10.3. The zero-order chi connectivity index (χ0) is 17.1. The van der Waals surface area contributed by atoms with E-state index in [4.69, 9.17) is 4.74 Å². The fourth-order valence-corrected chi connectivity index (χ4v) is 3.90. The number of nitro groups is 1. The number of thiazole rings is 1. The van der Waals surface area contributed by atoms with Crippen LogP contribution in [-0.4, -0.2) is 21.1 Å². The lowest BCUT2D eigenvalue weighted by Gasteiger charge is -2.12. The third kappa shape index (κ3) is 3.72. The number of hydrogen-bond donors (Lipinski definition) is 0. The molecule has 122 valence electrons. The van der Waals surface area contributed by atoms with Crippen molar-refractivity contribution < 1.29 is 14.5 Å². The molecule has 24 heavy (non-hydrogen) atoms. The van der Waals surface area contributed by atoms with Crippen molar-refractivity contribution in [1.82, 2.24) is 4.98 Å². The first kappa shape index (κ1) is 16.4. The summed E-state index contributed by atoms with van der Waals surface area (Å²) < 4.78 is 7.18. The molecule has 0 fully saturated rings. The van der Waals surface area contributed by atoms with Gasteiger partial charge in [-0.05, 0) is 36.9 Å². The largest absolute Gasteiger partial charge is 0.482 e. The summed E-state index contributed by atoms with van der Waals surface area (Å²) in [6, 6.07) is 13.4. The topological polar surface area (TPSA) is 82.3 Å². The Kier molecular flexibility index (Phi) is 4.77. The van der Waals surface area contributed by atoms with Gasteiger partial charge in [-0.3, -0.25) is 14.9 Å². The van der Waals surface area contributed by atoms with Crippen LogP contribution in [0.25, 0.3) is 10.2 Å². The molecule has 0 saturated carbocycles. The number of benzene rings is 2. The van der Waals surface area contributed by atoms with Crippen molar-refractivity contribution in [1.29, 1.82) is 0 Å². The van der Waals surface area contributed by atoms with E-state index in [2.05, 4.69) is 4.98 Å². The van der Waals surface area contributed by atoms with E-state index in [1.54, 1.807) is 13.0 Å². The van der Waals surface area contributed by atoms with Gasteiger partial charge in [0.15, 0.2) is 10.4 Å². The van der Waals surface area contributed by atoms with Crippen molar-refractivity contribution in [3.8, 4) is 5.75 Å². The summed E-state index contributed by atoms with van der Waals surface area (Å²) >= 11 is 2.46. The zero-order valence-electron chi connectivity index (χ0n) is 12.5. The van der Waals surface area contributed by atoms with E-state index in [0.717, 1.165) is 22.0 Å². The molecule has 0 radical (unpaired) electrons. The summed E-state index contributed by atoms with van der Waals surface area (Å²) in [5, 5.41) is 10.6. The number of rotatable bonds is 5. The number of nitrogens with zero attached hydrogens (tertiary/aromatic N) is 2. The molecule has 0 spiro atoms. The molecular formula is C16H12N2O4S2. The van der Waals surface area contributed by atoms with Gasteiger partial charge in [0.05, 0.1) is 21.2 Å². The zero-order valence-corrected chi connectivity index (χ0v) is 14.2. The Morgan fingerprint density at radius 1 is 1.29 bits per heavy atom. The van der Waals surface area contributed by atoms with E-state index in [9.17, 15) is 14.9 Å². The number of fused-ring (bicyclic) bond motifs is 1. The van der Waals surface area contributed by atoms with Crippen LogP contribution >= 0.6 is 23.1 Å². The molecular weight excluding hydrogens is 348 g/mol. The minimum Gasteiger partial charge on any atom is -0.482 e. The minimum absolute atomic E-state index is 0.0778. The van der Waals surface area contributed by atoms with Crippen molar-refractivity contribution >= 4 is 44.1 Å². The van der Waals surface area contributed by atoms with Gasteiger partial charge in [-0.25, -0.2) is 4.98 Å². The van der Waals surface area contributed by atoms with Crippen LogP contribution in [0.4, 0.5) is 5.69 Å². The maximum atomic E-state index is 12.3. The van der Waals surface area contributed by atoms with Gasteiger partial charge in [0.1, 0.15) is 5.75 Å². The van der Waals surface area contributed by atoms with Crippen LogP contribution in [0.5, 0.6) is 5.75 Å². The summed E-state index contributed by atoms with van der Waals surface area (Å²) in [5.41, 5.74) is 0.774. The Bertz CT molecular complexity index is 877.